The molecule has 0 amide bonds. The van der Waals surface area contributed by atoms with Crippen molar-refractivity contribution in [3.8, 4) is 0 Å². The van der Waals surface area contributed by atoms with Crippen LogP contribution in [-0.4, -0.2) is 29.2 Å². The highest BCUT2D eigenvalue weighted by atomic mass is 16.5. The quantitative estimate of drug-likeness (QED) is 0.849. The standard InChI is InChI=1S/C17H21N3O/c1-12-9-17(19-14(3)18-12)20-10-13(2)21-16(11-20)15-7-5-4-6-8-15/h4-9,13,16H,10-11H2,1-3H3/t13-,16-/m1/s1. The zero-order valence-corrected chi connectivity index (χ0v) is 12.8. The summed E-state index contributed by atoms with van der Waals surface area (Å²) in [6.45, 7) is 7.75. The average Bonchev–Trinajstić information content (AvgIpc) is 2.46. The van der Waals surface area contributed by atoms with E-state index in [1.165, 1.54) is 5.56 Å². The first-order valence-corrected chi connectivity index (χ1v) is 7.39. The molecule has 0 N–H and O–H groups in total. The van der Waals surface area contributed by atoms with E-state index < -0.39 is 0 Å². The lowest BCUT2D eigenvalue weighted by Crippen LogP contribution is -2.43. The summed E-state index contributed by atoms with van der Waals surface area (Å²) in [5.41, 5.74) is 2.23. The Kier molecular flexibility index (Phi) is 3.88. The van der Waals surface area contributed by atoms with Gasteiger partial charge in [0, 0.05) is 24.8 Å². The van der Waals surface area contributed by atoms with Gasteiger partial charge in [0.1, 0.15) is 17.7 Å². The fourth-order valence-corrected chi connectivity index (χ4v) is 2.85. The molecule has 3 rings (SSSR count). The third-order valence-corrected chi connectivity index (χ3v) is 3.71. The molecule has 0 saturated carbocycles. The molecule has 0 spiro atoms. The number of benzene rings is 1. The summed E-state index contributed by atoms with van der Waals surface area (Å²) in [6, 6.07) is 12.4. The molecule has 1 aliphatic rings. The van der Waals surface area contributed by atoms with Crippen LogP contribution in [0.15, 0.2) is 36.4 Å². The third kappa shape index (κ3) is 3.22. The molecule has 110 valence electrons. The lowest BCUT2D eigenvalue weighted by Gasteiger charge is -2.37. The number of rotatable bonds is 2. The molecule has 1 aromatic heterocycles. The van der Waals surface area contributed by atoms with Crippen LogP contribution < -0.4 is 4.90 Å². The highest BCUT2D eigenvalue weighted by Gasteiger charge is 2.27. The second-order valence-corrected chi connectivity index (χ2v) is 5.67. The maximum absolute atomic E-state index is 6.10. The van der Waals surface area contributed by atoms with Crippen molar-refractivity contribution >= 4 is 5.82 Å². The summed E-state index contributed by atoms with van der Waals surface area (Å²) in [6.07, 6.45) is 0.269. The Hall–Kier alpha value is -1.94. The molecule has 1 fully saturated rings. The number of nitrogens with zero attached hydrogens (tertiary/aromatic N) is 3. The van der Waals surface area contributed by atoms with E-state index in [0.29, 0.717) is 0 Å². The number of hydrogen-bond acceptors (Lipinski definition) is 4. The molecule has 0 bridgehead atoms. The Balaban J connectivity index is 1.86. The van der Waals surface area contributed by atoms with Crippen molar-refractivity contribution in [2.75, 3.05) is 18.0 Å². The van der Waals surface area contributed by atoms with Crippen LogP contribution in [0.2, 0.25) is 0 Å². The Bertz CT molecular complexity index is 594. The van der Waals surface area contributed by atoms with E-state index in [1.54, 1.807) is 0 Å². The van der Waals surface area contributed by atoms with Crippen molar-refractivity contribution in [1.82, 2.24) is 9.97 Å². The lowest BCUT2D eigenvalue weighted by atomic mass is 10.1. The van der Waals surface area contributed by atoms with Crippen molar-refractivity contribution in [3.63, 3.8) is 0 Å². The molecule has 2 heterocycles. The summed E-state index contributed by atoms with van der Waals surface area (Å²) in [7, 11) is 0. The number of aryl methyl sites for hydroxylation is 2. The third-order valence-electron chi connectivity index (χ3n) is 3.71. The summed E-state index contributed by atoms with van der Waals surface area (Å²) in [4.78, 5) is 11.2. The number of aromatic nitrogens is 2. The predicted octanol–water partition coefficient (Wildman–Crippen LogP) is 3.06. The fraction of sp³-hybridized carbons (Fsp3) is 0.412. The van der Waals surface area contributed by atoms with Gasteiger partial charge in [-0.15, -0.1) is 0 Å². The molecule has 2 aromatic rings. The van der Waals surface area contributed by atoms with E-state index >= 15 is 0 Å². The van der Waals surface area contributed by atoms with Gasteiger partial charge in [-0.05, 0) is 26.3 Å². The van der Waals surface area contributed by atoms with Crippen LogP contribution in [0.4, 0.5) is 5.82 Å². The smallest absolute Gasteiger partial charge is 0.132 e. The molecule has 4 heteroatoms. The van der Waals surface area contributed by atoms with E-state index in [9.17, 15) is 0 Å². The summed E-state index contributed by atoms with van der Waals surface area (Å²) in [5, 5.41) is 0. The maximum Gasteiger partial charge on any atom is 0.132 e. The van der Waals surface area contributed by atoms with Crippen LogP contribution in [-0.2, 0) is 4.74 Å². The first-order valence-electron chi connectivity index (χ1n) is 7.39. The van der Waals surface area contributed by atoms with Crippen LogP contribution >= 0.6 is 0 Å². The van der Waals surface area contributed by atoms with Crippen molar-refractivity contribution in [2.45, 2.75) is 33.0 Å². The number of anilines is 1. The molecule has 1 aliphatic heterocycles. The van der Waals surface area contributed by atoms with Gasteiger partial charge in [-0.25, -0.2) is 9.97 Å². The molecule has 0 radical (unpaired) electrons. The molecule has 1 saturated heterocycles. The van der Waals surface area contributed by atoms with Crippen LogP contribution in [0.5, 0.6) is 0 Å². The normalized spacial score (nSPS) is 22.3. The molecule has 1 aromatic carbocycles. The topological polar surface area (TPSA) is 38.2 Å². The van der Waals surface area contributed by atoms with Crippen LogP contribution in [0.25, 0.3) is 0 Å². The van der Waals surface area contributed by atoms with Crippen LogP contribution in [0.1, 0.15) is 30.1 Å². The van der Waals surface area contributed by atoms with E-state index in [-0.39, 0.29) is 12.2 Å². The van der Waals surface area contributed by atoms with Gasteiger partial charge in [-0.1, -0.05) is 30.3 Å². The van der Waals surface area contributed by atoms with Gasteiger partial charge < -0.3 is 9.64 Å². The van der Waals surface area contributed by atoms with Gasteiger partial charge in [0.2, 0.25) is 0 Å². The number of ether oxygens (including phenoxy) is 1. The number of hydrogen-bond donors (Lipinski definition) is 0. The Morgan fingerprint density at radius 3 is 2.57 bits per heavy atom. The fourth-order valence-electron chi connectivity index (χ4n) is 2.85. The first kappa shape index (κ1) is 14.0. The molecule has 4 nitrogen and oxygen atoms in total. The van der Waals surface area contributed by atoms with E-state index in [0.717, 1.165) is 30.4 Å². The average molecular weight is 283 g/mol. The summed E-state index contributed by atoms with van der Waals surface area (Å²) in [5.74, 6) is 1.82. The van der Waals surface area contributed by atoms with Gasteiger partial charge in [0.25, 0.3) is 0 Å². The second-order valence-electron chi connectivity index (χ2n) is 5.67. The zero-order chi connectivity index (χ0) is 14.8. The number of morpholine rings is 1. The Labute approximate surface area is 125 Å². The minimum atomic E-state index is 0.0885. The van der Waals surface area contributed by atoms with Gasteiger partial charge >= 0.3 is 0 Å². The molecule has 0 unspecified atom stereocenters. The molecule has 0 aliphatic carbocycles. The maximum atomic E-state index is 6.10. The van der Waals surface area contributed by atoms with Crippen molar-refractivity contribution in [1.29, 1.82) is 0 Å². The molecule has 21 heavy (non-hydrogen) atoms. The largest absolute Gasteiger partial charge is 0.367 e. The van der Waals surface area contributed by atoms with Crippen molar-refractivity contribution in [3.05, 3.63) is 53.5 Å². The van der Waals surface area contributed by atoms with E-state index in [1.807, 2.05) is 26.0 Å². The lowest BCUT2D eigenvalue weighted by molar-refractivity contribution is -0.0176. The highest BCUT2D eigenvalue weighted by molar-refractivity contribution is 5.41. The SMILES string of the molecule is Cc1cc(N2C[C@@H](C)O[C@@H](c3ccccc3)C2)nc(C)n1. The molecular formula is C17H21N3O. The summed E-state index contributed by atoms with van der Waals surface area (Å²) >= 11 is 0. The van der Waals surface area contributed by atoms with Gasteiger partial charge in [0.15, 0.2) is 0 Å². The van der Waals surface area contributed by atoms with Crippen molar-refractivity contribution < 1.29 is 4.74 Å². The van der Waals surface area contributed by atoms with Crippen molar-refractivity contribution in [2.24, 2.45) is 0 Å². The Morgan fingerprint density at radius 2 is 1.86 bits per heavy atom. The second kappa shape index (κ2) is 5.82. The first-order chi connectivity index (χ1) is 10.1. The monoisotopic (exact) mass is 283 g/mol. The van der Waals surface area contributed by atoms with Gasteiger partial charge in [0.05, 0.1) is 6.10 Å². The molecular weight excluding hydrogens is 262 g/mol. The van der Waals surface area contributed by atoms with Gasteiger partial charge in [-0.3, -0.25) is 0 Å². The Morgan fingerprint density at radius 1 is 1.10 bits per heavy atom. The van der Waals surface area contributed by atoms with Crippen LogP contribution in [0.3, 0.4) is 0 Å². The molecule has 2 atom stereocenters. The van der Waals surface area contributed by atoms with E-state index in [4.69, 9.17) is 4.74 Å². The minimum absolute atomic E-state index is 0.0885. The highest BCUT2D eigenvalue weighted by Crippen LogP contribution is 2.27. The minimum Gasteiger partial charge on any atom is -0.367 e. The van der Waals surface area contributed by atoms with Crippen LogP contribution in [0, 0.1) is 13.8 Å². The van der Waals surface area contributed by atoms with E-state index in [2.05, 4.69) is 46.1 Å². The predicted molar refractivity (Wildman–Crippen MR) is 83.4 cm³/mol. The summed E-state index contributed by atoms with van der Waals surface area (Å²) < 4.78 is 6.10. The van der Waals surface area contributed by atoms with Gasteiger partial charge in [-0.2, -0.15) is 0 Å². The zero-order valence-electron chi connectivity index (χ0n) is 12.8.